The molecular formula is C12H14ClN3. The number of imidazole rings is 1. The topological polar surface area (TPSA) is 43.8 Å². The van der Waals surface area contributed by atoms with Gasteiger partial charge in [0, 0.05) is 16.9 Å². The second kappa shape index (κ2) is 4.18. The minimum Gasteiger partial charge on any atom is -0.398 e. The van der Waals surface area contributed by atoms with Gasteiger partial charge in [0.15, 0.2) is 0 Å². The Bertz CT molecular complexity index is 517. The van der Waals surface area contributed by atoms with E-state index in [1.54, 1.807) is 6.07 Å². The second-order valence-corrected chi connectivity index (χ2v) is 4.34. The van der Waals surface area contributed by atoms with Gasteiger partial charge in [-0.15, -0.1) is 0 Å². The summed E-state index contributed by atoms with van der Waals surface area (Å²) in [5, 5.41) is 0.666. The Labute approximate surface area is 99.9 Å². The molecule has 0 fully saturated rings. The van der Waals surface area contributed by atoms with E-state index in [4.69, 9.17) is 17.3 Å². The number of benzene rings is 1. The number of halogens is 1. The fourth-order valence-corrected chi connectivity index (χ4v) is 1.90. The molecule has 0 bridgehead atoms. The van der Waals surface area contributed by atoms with Crippen LogP contribution < -0.4 is 5.73 Å². The first-order valence-corrected chi connectivity index (χ1v) is 5.48. The molecule has 84 valence electrons. The zero-order valence-corrected chi connectivity index (χ0v) is 10.1. The first kappa shape index (κ1) is 11.0. The average Bonchev–Trinajstić information content (AvgIpc) is 2.50. The monoisotopic (exact) mass is 235 g/mol. The van der Waals surface area contributed by atoms with Crippen LogP contribution in [0.3, 0.4) is 0 Å². The Morgan fingerprint density at radius 2 is 2.12 bits per heavy atom. The normalized spacial score (nSPS) is 10.7. The van der Waals surface area contributed by atoms with E-state index in [1.165, 1.54) is 0 Å². The van der Waals surface area contributed by atoms with Gasteiger partial charge >= 0.3 is 0 Å². The molecule has 3 nitrogen and oxygen atoms in total. The highest BCUT2D eigenvalue weighted by molar-refractivity contribution is 6.30. The van der Waals surface area contributed by atoms with Crippen LogP contribution in [-0.4, -0.2) is 9.55 Å². The number of nitrogens with two attached hydrogens (primary N) is 1. The van der Waals surface area contributed by atoms with Crippen LogP contribution in [0.4, 0.5) is 5.69 Å². The standard InChI is InChI=1S/C12H14ClN3/c1-8-6-16(9(2)15-8)7-10-3-4-11(13)5-12(10)14/h3-6H,7,14H2,1-2H3. The molecule has 0 unspecified atom stereocenters. The summed E-state index contributed by atoms with van der Waals surface area (Å²) in [5.74, 6) is 0.992. The summed E-state index contributed by atoms with van der Waals surface area (Å²) in [6.45, 7) is 4.70. The van der Waals surface area contributed by atoms with Crippen molar-refractivity contribution in [3.63, 3.8) is 0 Å². The zero-order chi connectivity index (χ0) is 11.7. The summed E-state index contributed by atoms with van der Waals surface area (Å²) >= 11 is 5.86. The van der Waals surface area contributed by atoms with E-state index in [1.807, 2.05) is 32.2 Å². The molecule has 2 N–H and O–H groups in total. The summed E-state index contributed by atoms with van der Waals surface area (Å²) in [5.41, 5.74) is 8.71. The molecule has 2 aromatic rings. The van der Waals surface area contributed by atoms with Gasteiger partial charge in [-0.3, -0.25) is 0 Å². The molecule has 0 aliphatic rings. The largest absolute Gasteiger partial charge is 0.398 e. The molecule has 0 radical (unpaired) electrons. The third kappa shape index (κ3) is 2.19. The quantitative estimate of drug-likeness (QED) is 0.814. The van der Waals surface area contributed by atoms with Gasteiger partial charge in [0.05, 0.1) is 12.2 Å². The lowest BCUT2D eigenvalue weighted by molar-refractivity contribution is 0.763. The van der Waals surface area contributed by atoms with Gasteiger partial charge in [0.25, 0.3) is 0 Å². The van der Waals surface area contributed by atoms with E-state index in [2.05, 4.69) is 9.55 Å². The van der Waals surface area contributed by atoms with Crippen LogP contribution in [0.15, 0.2) is 24.4 Å². The predicted octanol–water partition coefficient (Wildman–Crippen LogP) is 2.78. The van der Waals surface area contributed by atoms with E-state index in [-0.39, 0.29) is 0 Å². The molecule has 0 amide bonds. The van der Waals surface area contributed by atoms with Gasteiger partial charge in [-0.05, 0) is 31.5 Å². The van der Waals surface area contributed by atoms with Crippen LogP contribution in [0, 0.1) is 13.8 Å². The maximum Gasteiger partial charge on any atom is 0.106 e. The number of nitrogen functional groups attached to an aromatic ring is 1. The highest BCUT2D eigenvalue weighted by atomic mass is 35.5. The third-order valence-corrected chi connectivity index (χ3v) is 2.78. The van der Waals surface area contributed by atoms with Gasteiger partial charge in [0.1, 0.15) is 5.82 Å². The first-order valence-electron chi connectivity index (χ1n) is 5.10. The Morgan fingerprint density at radius 3 is 2.69 bits per heavy atom. The molecular weight excluding hydrogens is 222 g/mol. The predicted molar refractivity (Wildman–Crippen MR) is 66.7 cm³/mol. The molecule has 0 spiro atoms. The number of aromatic nitrogens is 2. The van der Waals surface area contributed by atoms with Gasteiger partial charge in [-0.1, -0.05) is 17.7 Å². The molecule has 0 saturated carbocycles. The Balaban J connectivity index is 2.30. The lowest BCUT2D eigenvalue weighted by Crippen LogP contribution is -2.03. The highest BCUT2D eigenvalue weighted by Gasteiger charge is 2.04. The molecule has 1 aromatic heterocycles. The third-order valence-electron chi connectivity index (χ3n) is 2.55. The van der Waals surface area contributed by atoms with Crippen LogP contribution in [0.5, 0.6) is 0 Å². The summed E-state index contributed by atoms with van der Waals surface area (Å²) in [7, 11) is 0. The van der Waals surface area contributed by atoms with E-state index < -0.39 is 0 Å². The van der Waals surface area contributed by atoms with Crippen molar-refractivity contribution in [2.45, 2.75) is 20.4 Å². The van der Waals surface area contributed by atoms with Crippen LogP contribution >= 0.6 is 11.6 Å². The Kier molecular flexibility index (Phi) is 2.88. The van der Waals surface area contributed by atoms with E-state index in [9.17, 15) is 0 Å². The van der Waals surface area contributed by atoms with Crippen molar-refractivity contribution >= 4 is 17.3 Å². The molecule has 0 aliphatic heterocycles. The molecule has 4 heteroatoms. The average molecular weight is 236 g/mol. The van der Waals surface area contributed by atoms with Crippen molar-refractivity contribution in [1.82, 2.24) is 9.55 Å². The number of hydrogen-bond acceptors (Lipinski definition) is 2. The summed E-state index contributed by atoms with van der Waals surface area (Å²) < 4.78 is 2.08. The van der Waals surface area contributed by atoms with E-state index in [0.717, 1.165) is 29.3 Å². The summed E-state index contributed by atoms with van der Waals surface area (Å²) in [6.07, 6.45) is 2.02. The van der Waals surface area contributed by atoms with Gasteiger partial charge in [0.2, 0.25) is 0 Å². The van der Waals surface area contributed by atoms with Crippen molar-refractivity contribution in [3.05, 3.63) is 46.5 Å². The van der Waals surface area contributed by atoms with Crippen LogP contribution in [-0.2, 0) is 6.54 Å². The van der Waals surface area contributed by atoms with Crippen LogP contribution in [0.25, 0.3) is 0 Å². The molecule has 0 aliphatic carbocycles. The number of aryl methyl sites for hydroxylation is 2. The zero-order valence-electron chi connectivity index (χ0n) is 9.37. The lowest BCUT2D eigenvalue weighted by atomic mass is 10.2. The number of hydrogen-bond donors (Lipinski definition) is 1. The molecule has 1 aromatic carbocycles. The fraction of sp³-hybridized carbons (Fsp3) is 0.250. The number of rotatable bonds is 2. The van der Waals surface area contributed by atoms with Crippen molar-refractivity contribution in [1.29, 1.82) is 0 Å². The molecule has 1 heterocycles. The highest BCUT2D eigenvalue weighted by Crippen LogP contribution is 2.19. The smallest absolute Gasteiger partial charge is 0.106 e. The van der Waals surface area contributed by atoms with E-state index in [0.29, 0.717) is 5.02 Å². The van der Waals surface area contributed by atoms with Gasteiger partial charge < -0.3 is 10.3 Å². The van der Waals surface area contributed by atoms with Gasteiger partial charge in [-0.2, -0.15) is 0 Å². The second-order valence-electron chi connectivity index (χ2n) is 3.90. The van der Waals surface area contributed by atoms with Crippen LogP contribution in [0.1, 0.15) is 17.1 Å². The Hall–Kier alpha value is -1.48. The van der Waals surface area contributed by atoms with Crippen molar-refractivity contribution in [2.24, 2.45) is 0 Å². The van der Waals surface area contributed by atoms with Crippen molar-refractivity contribution < 1.29 is 0 Å². The van der Waals surface area contributed by atoms with Crippen LogP contribution in [0.2, 0.25) is 5.02 Å². The first-order chi connectivity index (χ1) is 7.56. The maximum atomic E-state index is 5.91. The molecule has 2 rings (SSSR count). The summed E-state index contributed by atoms with van der Waals surface area (Å²) in [6, 6.07) is 5.58. The summed E-state index contributed by atoms with van der Waals surface area (Å²) in [4.78, 5) is 4.35. The van der Waals surface area contributed by atoms with E-state index >= 15 is 0 Å². The molecule has 0 atom stereocenters. The molecule has 16 heavy (non-hydrogen) atoms. The molecule has 0 saturated heterocycles. The maximum absolute atomic E-state index is 5.91. The number of nitrogens with zero attached hydrogens (tertiary/aromatic N) is 2. The van der Waals surface area contributed by atoms with Gasteiger partial charge in [-0.25, -0.2) is 4.98 Å². The van der Waals surface area contributed by atoms with Crippen molar-refractivity contribution in [2.75, 3.05) is 5.73 Å². The lowest BCUT2D eigenvalue weighted by Gasteiger charge is -2.08. The fourth-order valence-electron chi connectivity index (χ4n) is 1.72. The number of anilines is 1. The van der Waals surface area contributed by atoms with Crippen molar-refractivity contribution in [3.8, 4) is 0 Å². The minimum absolute atomic E-state index is 0.666. The minimum atomic E-state index is 0.666. The Morgan fingerprint density at radius 1 is 1.38 bits per heavy atom. The SMILES string of the molecule is Cc1cn(Cc2ccc(Cl)cc2N)c(C)n1.